The number of ketones is 1. The van der Waals surface area contributed by atoms with Crippen LogP contribution in [0.25, 0.3) is 0 Å². The highest BCUT2D eigenvalue weighted by atomic mass is 32.2. The predicted molar refractivity (Wildman–Crippen MR) is 63.1 cm³/mol. The summed E-state index contributed by atoms with van der Waals surface area (Å²) >= 11 is 0.927. The van der Waals surface area contributed by atoms with Crippen LogP contribution >= 0.6 is 11.8 Å². The molecule has 5 heteroatoms. The number of carbonyl (C=O) groups excluding carboxylic acids is 2. The molecule has 0 spiro atoms. The molecular weight excluding hydrogens is 226 g/mol. The Labute approximate surface area is 98.3 Å². The SMILES string of the molecule is CC(=O)c1c(O)cccc1SC(=O)N(C)C. The number of nitrogens with zero attached hydrogens (tertiary/aromatic N) is 1. The maximum absolute atomic E-state index is 11.5. The fourth-order valence-electron chi connectivity index (χ4n) is 1.14. The Morgan fingerprint density at radius 3 is 2.44 bits per heavy atom. The lowest BCUT2D eigenvalue weighted by atomic mass is 10.1. The van der Waals surface area contributed by atoms with Crippen LogP contribution in [0.15, 0.2) is 23.1 Å². The van der Waals surface area contributed by atoms with Crippen molar-refractivity contribution >= 4 is 22.8 Å². The molecule has 0 saturated heterocycles. The van der Waals surface area contributed by atoms with E-state index in [2.05, 4.69) is 0 Å². The molecule has 16 heavy (non-hydrogen) atoms. The average molecular weight is 239 g/mol. The summed E-state index contributed by atoms with van der Waals surface area (Å²) in [5.74, 6) is -0.351. The first-order valence-corrected chi connectivity index (χ1v) is 5.47. The van der Waals surface area contributed by atoms with Crippen LogP contribution in [0.3, 0.4) is 0 Å². The van der Waals surface area contributed by atoms with E-state index in [0.717, 1.165) is 11.8 Å². The Hall–Kier alpha value is -1.49. The molecule has 0 aliphatic carbocycles. The molecule has 0 aromatic heterocycles. The van der Waals surface area contributed by atoms with Crippen LogP contribution in [-0.2, 0) is 0 Å². The maximum atomic E-state index is 11.5. The zero-order valence-corrected chi connectivity index (χ0v) is 10.2. The van der Waals surface area contributed by atoms with Gasteiger partial charge in [0, 0.05) is 19.0 Å². The van der Waals surface area contributed by atoms with Gasteiger partial charge in [0.05, 0.1) is 5.56 Å². The van der Waals surface area contributed by atoms with Gasteiger partial charge in [-0.1, -0.05) is 6.07 Å². The number of Topliss-reactive ketones (excluding diaryl/α,β-unsaturated/α-hetero) is 1. The molecule has 0 unspecified atom stereocenters. The maximum Gasteiger partial charge on any atom is 0.285 e. The number of phenolic OH excluding ortho intramolecular Hbond substituents is 1. The number of hydrogen-bond donors (Lipinski definition) is 1. The number of aromatic hydroxyl groups is 1. The third-order valence-electron chi connectivity index (χ3n) is 1.92. The smallest absolute Gasteiger partial charge is 0.285 e. The monoisotopic (exact) mass is 239 g/mol. The summed E-state index contributed by atoms with van der Waals surface area (Å²) in [6.45, 7) is 1.36. The Morgan fingerprint density at radius 2 is 1.94 bits per heavy atom. The van der Waals surface area contributed by atoms with E-state index < -0.39 is 0 Å². The molecule has 4 nitrogen and oxygen atoms in total. The molecule has 0 saturated carbocycles. The summed E-state index contributed by atoms with van der Waals surface area (Å²) in [7, 11) is 3.26. The van der Waals surface area contributed by atoms with Gasteiger partial charge >= 0.3 is 0 Å². The van der Waals surface area contributed by atoms with E-state index in [9.17, 15) is 14.7 Å². The van der Waals surface area contributed by atoms with Crippen LogP contribution < -0.4 is 0 Å². The van der Waals surface area contributed by atoms with Crippen LogP contribution in [0.2, 0.25) is 0 Å². The molecule has 0 aliphatic rings. The summed E-state index contributed by atoms with van der Waals surface area (Å²) < 4.78 is 0. The summed E-state index contributed by atoms with van der Waals surface area (Å²) in [6.07, 6.45) is 0. The minimum atomic E-state index is -0.257. The molecule has 0 aliphatic heterocycles. The van der Waals surface area contributed by atoms with Crippen molar-refractivity contribution < 1.29 is 14.7 Å². The number of hydrogen-bond acceptors (Lipinski definition) is 4. The number of benzene rings is 1. The average Bonchev–Trinajstić information content (AvgIpc) is 2.16. The third-order valence-corrected chi connectivity index (χ3v) is 3.02. The highest BCUT2D eigenvalue weighted by molar-refractivity contribution is 8.13. The zero-order chi connectivity index (χ0) is 12.3. The van der Waals surface area contributed by atoms with Gasteiger partial charge in [0.1, 0.15) is 5.75 Å². The molecule has 1 amide bonds. The van der Waals surface area contributed by atoms with Gasteiger partial charge in [-0.2, -0.15) is 0 Å². The molecule has 86 valence electrons. The van der Waals surface area contributed by atoms with E-state index in [1.807, 2.05) is 0 Å². The molecule has 1 aromatic carbocycles. The lowest BCUT2D eigenvalue weighted by molar-refractivity contribution is 0.101. The van der Waals surface area contributed by atoms with Crippen molar-refractivity contribution in [1.29, 1.82) is 0 Å². The van der Waals surface area contributed by atoms with E-state index in [-0.39, 0.29) is 22.3 Å². The summed E-state index contributed by atoms with van der Waals surface area (Å²) in [5.41, 5.74) is 0.197. The number of phenols is 1. The second kappa shape index (κ2) is 5.03. The molecule has 1 rings (SSSR count). The van der Waals surface area contributed by atoms with Gasteiger partial charge in [0.2, 0.25) is 0 Å². The van der Waals surface area contributed by atoms with Gasteiger partial charge in [-0.15, -0.1) is 0 Å². The van der Waals surface area contributed by atoms with Crippen LogP contribution in [0, 0.1) is 0 Å². The highest BCUT2D eigenvalue weighted by Crippen LogP contribution is 2.30. The van der Waals surface area contributed by atoms with Crippen LogP contribution in [-0.4, -0.2) is 35.1 Å². The molecule has 1 aromatic rings. The van der Waals surface area contributed by atoms with Gasteiger partial charge in [-0.3, -0.25) is 9.59 Å². The van der Waals surface area contributed by atoms with E-state index >= 15 is 0 Å². The number of amides is 1. The molecule has 1 N–H and O–H groups in total. The second-order valence-electron chi connectivity index (χ2n) is 3.47. The van der Waals surface area contributed by atoms with Crippen molar-refractivity contribution in [2.45, 2.75) is 11.8 Å². The van der Waals surface area contributed by atoms with E-state index in [1.54, 1.807) is 26.2 Å². The first-order valence-electron chi connectivity index (χ1n) is 4.65. The van der Waals surface area contributed by atoms with Crippen molar-refractivity contribution in [3.63, 3.8) is 0 Å². The normalized spacial score (nSPS) is 9.94. The summed E-state index contributed by atoms with van der Waals surface area (Å²) in [6, 6.07) is 4.68. The zero-order valence-electron chi connectivity index (χ0n) is 9.35. The van der Waals surface area contributed by atoms with Gasteiger partial charge in [-0.25, -0.2) is 0 Å². The molecule has 0 atom stereocenters. The van der Waals surface area contributed by atoms with Gasteiger partial charge in [0.15, 0.2) is 5.78 Å². The van der Waals surface area contributed by atoms with Gasteiger partial charge < -0.3 is 10.0 Å². The standard InChI is InChI=1S/C11H13NO3S/c1-7(13)10-8(14)5-4-6-9(10)16-11(15)12(2)3/h4-6,14H,1-3H3. The first kappa shape index (κ1) is 12.6. The molecule has 0 fully saturated rings. The topological polar surface area (TPSA) is 57.6 Å². The Balaban J connectivity index is 3.09. The van der Waals surface area contributed by atoms with Crippen LogP contribution in [0.1, 0.15) is 17.3 Å². The van der Waals surface area contributed by atoms with Gasteiger partial charge in [-0.05, 0) is 30.8 Å². The summed E-state index contributed by atoms with van der Waals surface area (Å²) in [4.78, 5) is 24.7. The van der Waals surface area contributed by atoms with Crippen molar-refractivity contribution in [1.82, 2.24) is 4.90 Å². The number of rotatable bonds is 2. The van der Waals surface area contributed by atoms with Crippen molar-refractivity contribution in [3.8, 4) is 5.75 Å². The quantitative estimate of drug-likeness (QED) is 0.636. The largest absolute Gasteiger partial charge is 0.507 e. The minimum absolute atomic E-state index is 0.0935. The molecule has 0 bridgehead atoms. The van der Waals surface area contributed by atoms with E-state index in [4.69, 9.17) is 0 Å². The molecule has 0 heterocycles. The fourth-order valence-corrected chi connectivity index (χ4v) is 2.01. The molecule has 0 radical (unpaired) electrons. The van der Waals surface area contributed by atoms with Crippen LogP contribution in [0.5, 0.6) is 5.75 Å². The van der Waals surface area contributed by atoms with Crippen LogP contribution in [0.4, 0.5) is 4.79 Å². The van der Waals surface area contributed by atoms with Crippen molar-refractivity contribution in [3.05, 3.63) is 23.8 Å². The van der Waals surface area contributed by atoms with E-state index in [1.165, 1.54) is 17.9 Å². The van der Waals surface area contributed by atoms with E-state index in [0.29, 0.717) is 4.90 Å². The lowest BCUT2D eigenvalue weighted by Crippen LogP contribution is -2.16. The second-order valence-corrected chi connectivity index (χ2v) is 4.46. The Bertz CT molecular complexity index is 429. The Kier molecular flexibility index (Phi) is 3.95. The first-order chi connectivity index (χ1) is 7.43. The minimum Gasteiger partial charge on any atom is -0.507 e. The molecular formula is C11H13NO3S. The third kappa shape index (κ3) is 2.76. The van der Waals surface area contributed by atoms with Crippen molar-refractivity contribution in [2.24, 2.45) is 0 Å². The predicted octanol–water partition coefficient (Wildman–Crippen LogP) is 2.37. The van der Waals surface area contributed by atoms with Crippen molar-refractivity contribution in [2.75, 3.05) is 14.1 Å². The Morgan fingerprint density at radius 1 is 1.31 bits per heavy atom. The number of thioether (sulfide) groups is 1. The summed E-state index contributed by atoms with van der Waals surface area (Å²) in [5, 5.41) is 9.37. The highest BCUT2D eigenvalue weighted by Gasteiger charge is 2.16. The van der Waals surface area contributed by atoms with Gasteiger partial charge in [0.25, 0.3) is 5.24 Å². The fraction of sp³-hybridized carbons (Fsp3) is 0.273. The number of carbonyl (C=O) groups is 2. The lowest BCUT2D eigenvalue weighted by Gasteiger charge is -2.11.